The molecule has 152 valence electrons. The van der Waals surface area contributed by atoms with Crippen LogP contribution in [0, 0.1) is 19.8 Å². The molecule has 0 unspecified atom stereocenters. The van der Waals surface area contributed by atoms with Gasteiger partial charge in [-0.25, -0.2) is 0 Å². The number of ether oxygens (including phenoxy) is 2. The van der Waals surface area contributed by atoms with Gasteiger partial charge in [0.2, 0.25) is 5.91 Å². The van der Waals surface area contributed by atoms with E-state index in [0.29, 0.717) is 55.0 Å². The Morgan fingerprint density at radius 3 is 2.79 bits per heavy atom. The summed E-state index contributed by atoms with van der Waals surface area (Å²) in [6, 6.07) is 3.67. The molecule has 0 saturated carbocycles. The first-order valence-corrected chi connectivity index (χ1v) is 10.1. The van der Waals surface area contributed by atoms with E-state index >= 15 is 0 Å². The normalized spacial score (nSPS) is 13.1. The zero-order valence-electron chi connectivity index (χ0n) is 17.0. The number of carbonyl (C=O) groups excluding carboxylic acids is 1. The third-order valence-corrected chi connectivity index (χ3v) is 5.10. The van der Waals surface area contributed by atoms with Gasteiger partial charge in [0.15, 0.2) is 11.5 Å². The lowest BCUT2D eigenvalue weighted by Gasteiger charge is -2.20. The first kappa shape index (κ1) is 20.5. The molecule has 0 aliphatic carbocycles. The van der Waals surface area contributed by atoms with E-state index in [1.165, 1.54) is 0 Å². The largest absolute Gasteiger partial charge is 0.486 e. The molecule has 1 aromatic heterocycles. The molecular formula is C21H28ClN3O3. The highest BCUT2D eigenvalue weighted by Crippen LogP contribution is 2.38. The number of benzene rings is 1. The van der Waals surface area contributed by atoms with Crippen LogP contribution in [0.3, 0.4) is 0 Å². The summed E-state index contributed by atoms with van der Waals surface area (Å²) in [5.74, 6) is 1.74. The van der Waals surface area contributed by atoms with Crippen molar-refractivity contribution < 1.29 is 14.3 Å². The zero-order valence-corrected chi connectivity index (χ0v) is 17.7. The molecule has 0 atom stereocenters. The summed E-state index contributed by atoms with van der Waals surface area (Å²) in [6.45, 7) is 10.7. The second kappa shape index (κ2) is 8.86. The van der Waals surface area contributed by atoms with Crippen molar-refractivity contribution in [2.75, 3.05) is 13.2 Å². The maximum Gasteiger partial charge on any atom is 0.220 e. The summed E-state index contributed by atoms with van der Waals surface area (Å²) in [4.78, 5) is 12.3. The number of hydrogen-bond acceptors (Lipinski definition) is 4. The Bertz CT molecular complexity index is 861. The highest BCUT2D eigenvalue weighted by molar-refractivity contribution is 6.32. The zero-order chi connectivity index (χ0) is 20.3. The molecule has 3 rings (SSSR count). The lowest BCUT2D eigenvalue weighted by Crippen LogP contribution is -2.23. The van der Waals surface area contributed by atoms with Crippen molar-refractivity contribution in [1.29, 1.82) is 0 Å². The minimum Gasteiger partial charge on any atom is -0.486 e. The number of aryl methyl sites for hydroxylation is 1. The van der Waals surface area contributed by atoms with E-state index in [9.17, 15) is 4.79 Å². The van der Waals surface area contributed by atoms with Gasteiger partial charge >= 0.3 is 0 Å². The lowest BCUT2D eigenvalue weighted by atomic mass is 10.1. The Kier molecular flexibility index (Phi) is 6.50. The Morgan fingerprint density at radius 2 is 2.04 bits per heavy atom. The molecule has 0 fully saturated rings. The molecule has 7 heteroatoms. The van der Waals surface area contributed by atoms with Crippen LogP contribution >= 0.6 is 11.6 Å². The van der Waals surface area contributed by atoms with E-state index in [1.54, 1.807) is 6.07 Å². The Morgan fingerprint density at radius 1 is 1.29 bits per heavy atom. The summed E-state index contributed by atoms with van der Waals surface area (Å²) in [5.41, 5.74) is 4.21. The second-order valence-corrected chi connectivity index (χ2v) is 8.01. The van der Waals surface area contributed by atoms with Crippen molar-refractivity contribution in [1.82, 2.24) is 15.1 Å². The standard InChI is InChI=1S/C21H28ClN3O3/c1-13(2)12-25-15(4)17(14(3)24-25)5-6-20(26)23-11-16-9-18(22)21-19(10-16)27-7-8-28-21/h9-10,13H,5-8,11-12H2,1-4H3,(H,23,26). The van der Waals surface area contributed by atoms with E-state index in [0.717, 1.165) is 29.1 Å². The van der Waals surface area contributed by atoms with Crippen LogP contribution in [0.25, 0.3) is 0 Å². The number of aromatic nitrogens is 2. The van der Waals surface area contributed by atoms with Crippen LogP contribution in [0.2, 0.25) is 5.02 Å². The van der Waals surface area contributed by atoms with E-state index in [-0.39, 0.29) is 5.91 Å². The van der Waals surface area contributed by atoms with Crippen LogP contribution in [0.15, 0.2) is 12.1 Å². The number of rotatable bonds is 7. The van der Waals surface area contributed by atoms with Gasteiger partial charge in [-0.15, -0.1) is 0 Å². The van der Waals surface area contributed by atoms with Crippen LogP contribution in [0.1, 0.15) is 42.8 Å². The van der Waals surface area contributed by atoms with Gasteiger partial charge in [0.1, 0.15) is 13.2 Å². The monoisotopic (exact) mass is 405 g/mol. The summed E-state index contributed by atoms with van der Waals surface area (Å²) in [6.07, 6.45) is 1.11. The van der Waals surface area contributed by atoms with Crippen molar-refractivity contribution in [3.63, 3.8) is 0 Å². The molecule has 1 amide bonds. The van der Waals surface area contributed by atoms with Crippen LogP contribution in [-0.2, 0) is 24.3 Å². The molecule has 0 radical (unpaired) electrons. The molecular weight excluding hydrogens is 378 g/mol. The van der Waals surface area contributed by atoms with Crippen molar-refractivity contribution in [2.24, 2.45) is 5.92 Å². The minimum atomic E-state index is 0.00132. The average Bonchev–Trinajstić information content (AvgIpc) is 2.91. The van der Waals surface area contributed by atoms with Crippen LogP contribution in [0.4, 0.5) is 0 Å². The number of halogens is 1. The Labute approximate surface area is 171 Å². The molecule has 0 spiro atoms. The van der Waals surface area contributed by atoms with Crippen LogP contribution < -0.4 is 14.8 Å². The SMILES string of the molecule is Cc1nn(CC(C)C)c(C)c1CCC(=O)NCc1cc(Cl)c2c(c1)OCCO2. The highest BCUT2D eigenvalue weighted by Gasteiger charge is 2.17. The summed E-state index contributed by atoms with van der Waals surface area (Å²) in [7, 11) is 0. The molecule has 2 aromatic rings. The molecule has 28 heavy (non-hydrogen) atoms. The minimum absolute atomic E-state index is 0.00132. The van der Waals surface area contributed by atoms with Gasteiger partial charge in [-0.3, -0.25) is 9.48 Å². The fourth-order valence-electron chi connectivity index (χ4n) is 3.41. The van der Waals surface area contributed by atoms with Crippen molar-refractivity contribution in [2.45, 2.75) is 53.6 Å². The number of nitrogens with zero attached hydrogens (tertiary/aromatic N) is 2. The molecule has 1 N–H and O–H groups in total. The summed E-state index contributed by atoms with van der Waals surface area (Å²) >= 11 is 6.25. The lowest BCUT2D eigenvalue weighted by molar-refractivity contribution is -0.121. The van der Waals surface area contributed by atoms with Crippen LogP contribution in [-0.4, -0.2) is 28.9 Å². The number of carbonyl (C=O) groups is 1. The van der Waals surface area contributed by atoms with E-state index in [4.69, 9.17) is 21.1 Å². The molecule has 2 heterocycles. The number of nitrogens with one attached hydrogen (secondary N) is 1. The quantitative estimate of drug-likeness (QED) is 0.760. The molecule has 0 bridgehead atoms. The van der Waals surface area contributed by atoms with E-state index in [1.807, 2.05) is 17.7 Å². The highest BCUT2D eigenvalue weighted by atomic mass is 35.5. The molecule has 0 saturated heterocycles. The fraction of sp³-hybridized carbons (Fsp3) is 0.524. The number of amides is 1. The third-order valence-electron chi connectivity index (χ3n) is 4.82. The predicted molar refractivity (Wildman–Crippen MR) is 109 cm³/mol. The van der Waals surface area contributed by atoms with Crippen molar-refractivity contribution >= 4 is 17.5 Å². The maximum absolute atomic E-state index is 12.3. The van der Waals surface area contributed by atoms with Crippen LogP contribution in [0.5, 0.6) is 11.5 Å². The Balaban J connectivity index is 1.56. The van der Waals surface area contributed by atoms with Gasteiger partial charge in [0.05, 0.1) is 10.7 Å². The summed E-state index contributed by atoms with van der Waals surface area (Å²) in [5, 5.41) is 8.08. The van der Waals surface area contributed by atoms with Gasteiger partial charge in [0.25, 0.3) is 0 Å². The molecule has 1 aromatic carbocycles. The van der Waals surface area contributed by atoms with Gasteiger partial charge in [-0.05, 0) is 49.4 Å². The summed E-state index contributed by atoms with van der Waals surface area (Å²) < 4.78 is 13.1. The van der Waals surface area contributed by atoms with Crippen molar-refractivity contribution in [3.05, 3.63) is 39.7 Å². The van der Waals surface area contributed by atoms with E-state index < -0.39 is 0 Å². The smallest absolute Gasteiger partial charge is 0.220 e. The van der Waals surface area contributed by atoms with Gasteiger partial charge < -0.3 is 14.8 Å². The van der Waals surface area contributed by atoms with Gasteiger partial charge in [0, 0.05) is 25.2 Å². The van der Waals surface area contributed by atoms with Crippen molar-refractivity contribution in [3.8, 4) is 11.5 Å². The fourth-order valence-corrected chi connectivity index (χ4v) is 3.70. The average molecular weight is 406 g/mol. The topological polar surface area (TPSA) is 65.4 Å². The molecule has 6 nitrogen and oxygen atoms in total. The second-order valence-electron chi connectivity index (χ2n) is 7.60. The molecule has 1 aliphatic rings. The Hall–Kier alpha value is -2.21. The first-order valence-electron chi connectivity index (χ1n) is 9.72. The van der Waals surface area contributed by atoms with E-state index in [2.05, 4.69) is 31.2 Å². The van der Waals surface area contributed by atoms with Gasteiger partial charge in [-0.1, -0.05) is 25.4 Å². The molecule has 1 aliphatic heterocycles. The van der Waals surface area contributed by atoms with Gasteiger partial charge in [-0.2, -0.15) is 5.10 Å². The number of hydrogen-bond donors (Lipinski definition) is 1. The third kappa shape index (κ3) is 4.79. The predicted octanol–water partition coefficient (Wildman–Crippen LogP) is 3.83. The number of fused-ring (bicyclic) bond motifs is 1. The first-order chi connectivity index (χ1) is 13.3. The maximum atomic E-state index is 12.3.